The van der Waals surface area contributed by atoms with Crippen molar-refractivity contribution in [2.45, 2.75) is 13.0 Å². The first-order valence-electron chi connectivity index (χ1n) is 10.2. The molecule has 0 fully saturated rings. The highest BCUT2D eigenvalue weighted by atomic mass is 16.5. The molecule has 0 atom stereocenters. The fourth-order valence-corrected chi connectivity index (χ4v) is 4.10. The molecule has 0 saturated heterocycles. The molecule has 1 amide bonds. The number of hydrogen-bond acceptors (Lipinski definition) is 3. The quantitative estimate of drug-likeness (QED) is 0.485. The molecule has 3 aromatic carbocycles. The fraction of sp³-hybridized carbons (Fsp3) is 0.154. The van der Waals surface area contributed by atoms with E-state index in [9.17, 15) is 4.79 Å². The minimum absolute atomic E-state index is 0.139. The van der Waals surface area contributed by atoms with Crippen molar-refractivity contribution in [1.29, 1.82) is 0 Å². The van der Waals surface area contributed by atoms with Crippen molar-refractivity contribution in [3.63, 3.8) is 0 Å². The lowest BCUT2D eigenvalue weighted by molar-refractivity contribution is 0.0775. The molecular formula is C26H22N2O2. The molecule has 1 aliphatic heterocycles. The predicted molar refractivity (Wildman–Crippen MR) is 119 cm³/mol. The molecule has 4 nitrogen and oxygen atoms in total. The maximum absolute atomic E-state index is 13.5. The van der Waals surface area contributed by atoms with Crippen molar-refractivity contribution in [3.8, 4) is 16.9 Å². The zero-order valence-corrected chi connectivity index (χ0v) is 16.8. The molecule has 0 radical (unpaired) electrons. The van der Waals surface area contributed by atoms with Gasteiger partial charge in [0.25, 0.3) is 5.91 Å². The smallest absolute Gasteiger partial charge is 0.276 e. The van der Waals surface area contributed by atoms with Gasteiger partial charge in [0.1, 0.15) is 0 Å². The van der Waals surface area contributed by atoms with E-state index in [0.29, 0.717) is 24.6 Å². The lowest BCUT2D eigenvalue weighted by Gasteiger charge is -2.21. The van der Waals surface area contributed by atoms with E-state index in [1.165, 1.54) is 5.56 Å². The number of aromatic nitrogens is 1. The van der Waals surface area contributed by atoms with Crippen LogP contribution in [0.3, 0.4) is 0 Å². The van der Waals surface area contributed by atoms with Gasteiger partial charge in [-0.25, -0.2) is 4.98 Å². The number of pyridine rings is 1. The Bertz CT molecular complexity index is 1230. The van der Waals surface area contributed by atoms with Crippen LogP contribution in [0.4, 0.5) is 0 Å². The second kappa shape index (κ2) is 7.64. The number of benzene rings is 3. The first-order chi connectivity index (χ1) is 14.7. The molecule has 0 aliphatic carbocycles. The van der Waals surface area contributed by atoms with Crippen molar-refractivity contribution in [2.75, 3.05) is 13.7 Å². The maximum Gasteiger partial charge on any atom is 0.276 e. The van der Waals surface area contributed by atoms with Crippen molar-refractivity contribution in [3.05, 3.63) is 95.7 Å². The summed E-state index contributed by atoms with van der Waals surface area (Å²) in [5.41, 5.74) is 5.55. The standard InChI is InChI=1S/C26H22N2O2/c1-28(17-18-9-3-2-4-10-18)26(29)24-25-23(21-13-7-8-14-22(21)27-24)20-12-6-5-11-19(20)15-16-30-25/h2-14H,15-17H2,1H3. The molecule has 5 rings (SSSR count). The summed E-state index contributed by atoms with van der Waals surface area (Å²) in [6.45, 7) is 1.03. The Labute approximate surface area is 175 Å². The Balaban J connectivity index is 1.67. The van der Waals surface area contributed by atoms with Crippen LogP contribution in [0.25, 0.3) is 22.0 Å². The van der Waals surface area contributed by atoms with Gasteiger partial charge in [-0.15, -0.1) is 0 Å². The van der Waals surface area contributed by atoms with Crippen LogP contribution in [0.1, 0.15) is 21.6 Å². The summed E-state index contributed by atoms with van der Waals surface area (Å²) in [5, 5.41) is 1.00. The summed E-state index contributed by atoms with van der Waals surface area (Å²) in [7, 11) is 1.81. The molecular weight excluding hydrogens is 372 g/mol. The van der Waals surface area contributed by atoms with Crippen LogP contribution < -0.4 is 4.74 Å². The van der Waals surface area contributed by atoms with E-state index in [4.69, 9.17) is 9.72 Å². The van der Waals surface area contributed by atoms with E-state index < -0.39 is 0 Å². The largest absolute Gasteiger partial charge is 0.490 e. The Morgan fingerprint density at radius 1 is 0.967 bits per heavy atom. The van der Waals surface area contributed by atoms with Crippen LogP contribution in [0, 0.1) is 0 Å². The molecule has 1 aromatic heterocycles. The van der Waals surface area contributed by atoms with Gasteiger partial charge < -0.3 is 9.64 Å². The van der Waals surface area contributed by atoms with Crippen molar-refractivity contribution in [1.82, 2.24) is 9.88 Å². The van der Waals surface area contributed by atoms with Crippen molar-refractivity contribution in [2.24, 2.45) is 0 Å². The Kier molecular flexibility index (Phi) is 4.68. The van der Waals surface area contributed by atoms with Gasteiger partial charge in [-0.3, -0.25) is 4.79 Å². The summed E-state index contributed by atoms with van der Waals surface area (Å²) < 4.78 is 6.18. The van der Waals surface area contributed by atoms with Gasteiger partial charge in [0.05, 0.1) is 12.1 Å². The van der Waals surface area contributed by atoms with Crippen LogP contribution in [-0.2, 0) is 13.0 Å². The van der Waals surface area contributed by atoms with Gasteiger partial charge in [-0.2, -0.15) is 0 Å². The third-order valence-electron chi connectivity index (χ3n) is 5.56. The lowest BCUT2D eigenvalue weighted by Crippen LogP contribution is -2.27. The minimum Gasteiger partial charge on any atom is -0.490 e. The van der Waals surface area contributed by atoms with Crippen LogP contribution in [0.15, 0.2) is 78.9 Å². The number of hydrogen-bond donors (Lipinski definition) is 0. The summed E-state index contributed by atoms with van der Waals surface area (Å²) in [6.07, 6.45) is 0.798. The number of rotatable bonds is 3. The number of nitrogens with zero attached hydrogens (tertiary/aromatic N) is 2. The monoisotopic (exact) mass is 394 g/mol. The summed E-state index contributed by atoms with van der Waals surface area (Å²) >= 11 is 0. The normalized spacial score (nSPS) is 12.4. The Morgan fingerprint density at radius 3 is 2.57 bits per heavy atom. The van der Waals surface area contributed by atoms with E-state index >= 15 is 0 Å². The number of carbonyl (C=O) groups excluding carboxylic acids is 1. The molecule has 4 heteroatoms. The van der Waals surface area contributed by atoms with Crippen LogP contribution >= 0.6 is 0 Å². The number of ether oxygens (including phenoxy) is 1. The molecule has 2 heterocycles. The average molecular weight is 394 g/mol. The average Bonchev–Trinajstić information content (AvgIpc) is 2.99. The van der Waals surface area contributed by atoms with Crippen molar-refractivity contribution < 1.29 is 9.53 Å². The third kappa shape index (κ3) is 3.20. The van der Waals surface area contributed by atoms with Gasteiger partial charge in [0.2, 0.25) is 0 Å². The summed E-state index contributed by atoms with van der Waals surface area (Å²) in [4.78, 5) is 19.9. The number of amides is 1. The van der Waals surface area contributed by atoms with Gasteiger partial charge >= 0.3 is 0 Å². The molecule has 0 saturated carbocycles. The highest BCUT2D eigenvalue weighted by molar-refractivity contribution is 6.06. The van der Waals surface area contributed by atoms with E-state index in [1.54, 1.807) is 4.90 Å². The maximum atomic E-state index is 13.5. The first kappa shape index (κ1) is 18.4. The van der Waals surface area contributed by atoms with E-state index in [-0.39, 0.29) is 5.91 Å². The third-order valence-corrected chi connectivity index (χ3v) is 5.56. The lowest BCUT2D eigenvalue weighted by atomic mass is 9.94. The molecule has 0 spiro atoms. The van der Waals surface area contributed by atoms with Crippen molar-refractivity contribution >= 4 is 16.8 Å². The van der Waals surface area contributed by atoms with Crippen LogP contribution in [0.2, 0.25) is 0 Å². The molecule has 0 bridgehead atoms. The van der Waals surface area contributed by atoms with E-state index in [2.05, 4.69) is 18.2 Å². The highest BCUT2D eigenvalue weighted by Gasteiger charge is 2.27. The summed E-state index contributed by atoms with van der Waals surface area (Å²) in [6, 6.07) is 26.3. The Hall–Kier alpha value is -3.66. The second-order valence-corrected chi connectivity index (χ2v) is 7.58. The van der Waals surface area contributed by atoms with Gasteiger partial charge in [-0.05, 0) is 22.8 Å². The van der Waals surface area contributed by atoms with E-state index in [1.807, 2.05) is 67.7 Å². The molecule has 1 aliphatic rings. The van der Waals surface area contributed by atoms with Gasteiger partial charge in [-0.1, -0.05) is 72.8 Å². The summed E-state index contributed by atoms with van der Waals surface area (Å²) in [5.74, 6) is 0.448. The zero-order valence-electron chi connectivity index (χ0n) is 16.8. The topological polar surface area (TPSA) is 42.4 Å². The molecule has 148 valence electrons. The highest BCUT2D eigenvalue weighted by Crippen LogP contribution is 2.42. The van der Waals surface area contributed by atoms with Crippen LogP contribution in [-0.4, -0.2) is 29.4 Å². The Morgan fingerprint density at radius 2 is 1.70 bits per heavy atom. The van der Waals surface area contributed by atoms with Gasteiger partial charge in [0.15, 0.2) is 11.4 Å². The molecule has 0 unspecified atom stereocenters. The second-order valence-electron chi connectivity index (χ2n) is 7.58. The molecule has 30 heavy (non-hydrogen) atoms. The number of para-hydroxylation sites is 1. The predicted octanol–water partition coefficient (Wildman–Crippen LogP) is 5.11. The molecule has 0 N–H and O–H groups in total. The minimum atomic E-state index is -0.139. The van der Waals surface area contributed by atoms with Crippen LogP contribution in [0.5, 0.6) is 5.75 Å². The number of fused-ring (bicyclic) bond motifs is 5. The first-order valence-corrected chi connectivity index (χ1v) is 10.2. The SMILES string of the molecule is CN(Cc1ccccc1)C(=O)c1nc2ccccc2c2c1OCCc1ccccc1-2. The zero-order chi connectivity index (χ0) is 20.5. The van der Waals surface area contributed by atoms with E-state index in [0.717, 1.165) is 34.0 Å². The molecule has 4 aromatic rings. The fourth-order valence-electron chi connectivity index (χ4n) is 4.10. The number of carbonyl (C=O) groups is 1. The van der Waals surface area contributed by atoms with Gasteiger partial charge in [0, 0.05) is 31.0 Å².